The summed E-state index contributed by atoms with van der Waals surface area (Å²) < 4.78 is 0. The largest absolute Gasteiger partial charge is 0.302 e. The van der Waals surface area contributed by atoms with E-state index in [0.29, 0.717) is 6.17 Å². The lowest BCUT2D eigenvalue weighted by Gasteiger charge is -2.47. The summed E-state index contributed by atoms with van der Waals surface area (Å²) in [5.41, 5.74) is 1.67. The average Bonchev–Trinajstić information content (AvgIpc) is 2.97. The number of hydrogen-bond donors (Lipinski definition) is 1. The zero-order chi connectivity index (χ0) is 13.6. The second-order valence-corrected chi connectivity index (χ2v) is 6.39. The first-order chi connectivity index (χ1) is 9.77. The van der Waals surface area contributed by atoms with E-state index in [1.54, 1.807) is 0 Å². The highest BCUT2D eigenvalue weighted by Gasteiger charge is 2.42. The molecule has 0 spiro atoms. The van der Waals surface area contributed by atoms with Crippen LogP contribution >= 0.6 is 0 Å². The maximum atomic E-state index is 3.67. The molecule has 104 valence electrons. The lowest BCUT2D eigenvalue weighted by molar-refractivity contribution is 0.0302. The molecule has 0 amide bonds. The van der Waals surface area contributed by atoms with Crippen molar-refractivity contribution in [1.29, 1.82) is 0 Å². The highest BCUT2D eigenvalue weighted by Crippen LogP contribution is 2.39. The lowest BCUT2D eigenvalue weighted by Crippen LogP contribution is -2.57. The molecule has 2 unspecified atom stereocenters. The Morgan fingerprint density at radius 2 is 2.00 bits per heavy atom. The maximum absolute atomic E-state index is 3.67. The summed E-state index contributed by atoms with van der Waals surface area (Å²) in [6.45, 7) is 4.78. The van der Waals surface area contributed by atoms with Crippen molar-refractivity contribution < 1.29 is 0 Å². The third-order valence-corrected chi connectivity index (χ3v) is 5.25. The second-order valence-electron chi connectivity index (χ2n) is 6.39. The summed E-state index contributed by atoms with van der Waals surface area (Å²) >= 11 is 0. The van der Waals surface area contributed by atoms with E-state index in [2.05, 4.69) is 59.6 Å². The Bertz CT molecular complexity index is 636. The SMILES string of the molecule is CC1(c2ccc3ccccc3c2)CCNC2CCCN21. The van der Waals surface area contributed by atoms with Crippen molar-refractivity contribution in [2.75, 3.05) is 13.1 Å². The Hall–Kier alpha value is -1.38. The van der Waals surface area contributed by atoms with Gasteiger partial charge in [0.2, 0.25) is 0 Å². The number of rotatable bonds is 1. The third-order valence-electron chi connectivity index (χ3n) is 5.25. The van der Waals surface area contributed by atoms with E-state index in [1.165, 1.54) is 42.1 Å². The smallest absolute Gasteiger partial charge is 0.0605 e. The summed E-state index contributed by atoms with van der Waals surface area (Å²) in [6, 6.07) is 15.7. The monoisotopic (exact) mass is 266 g/mol. The van der Waals surface area contributed by atoms with Gasteiger partial charge in [0, 0.05) is 12.1 Å². The highest BCUT2D eigenvalue weighted by atomic mass is 15.3. The molecule has 0 bridgehead atoms. The number of fused-ring (bicyclic) bond motifs is 2. The molecular weight excluding hydrogens is 244 g/mol. The van der Waals surface area contributed by atoms with Gasteiger partial charge in [-0.25, -0.2) is 0 Å². The Morgan fingerprint density at radius 1 is 1.15 bits per heavy atom. The van der Waals surface area contributed by atoms with Gasteiger partial charge in [-0.1, -0.05) is 36.4 Å². The van der Waals surface area contributed by atoms with Gasteiger partial charge in [0.1, 0.15) is 0 Å². The van der Waals surface area contributed by atoms with Crippen molar-refractivity contribution in [1.82, 2.24) is 10.2 Å². The fraction of sp³-hybridized carbons (Fsp3) is 0.444. The summed E-state index contributed by atoms with van der Waals surface area (Å²) in [4.78, 5) is 2.68. The van der Waals surface area contributed by atoms with Crippen LogP contribution in [-0.2, 0) is 5.54 Å². The lowest BCUT2D eigenvalue weighted by atomic mass is 9.84. The van der Waals surface area contributed by atoms with E-state index >= 15 is 0 Å². The van der Waals surface area contributed by atoms with Crippen LogP contribution in [-0.4, -0.2) is 24.2 Å². The molecule has 1 N–H and O–H groups in total. The van der Waals surface area contributed by atoms with Gasteiger partial charge < -0.3 is 5.32 Å². The van der Waals surface area contributed by atoms with E-state index in [4.69, 9.17) is 0 Å². The van der Waals surface area contributed by atoms with E-state index in [-0.39, 0.29) is 5.54 Å². The van der Waals surface area contributed by atoms with Crippen molar-refractivity contribution in [3.63, 3.8) is 0 Å². The molecule has 2 heteroatoms. The normalized spacial score (nSPS) is 30.6. The molecule has 2 aliphatic rings. The molecule has 0 saturated carbocycles. The van der Waals surface area contributed by atoms with E-state index < -0.39 is 0 Å². The number of nitrogens with one attached hydrogen (secondary N) is 1. The van der Waals surface area contributed by atoms with E-state index in [9.17, 15) is 0 Å². The molecule has 0 aliphatic carbocycles. The summed E-state index contributed by atoms with van der Waals surface area (Å²) in [5.74, 6) is 0. The Balaban J connectivity index is 1.80. The van der Waals surface area contributed by atoms with Crippen LogP contribution in [0.5, 0.6) is 0 Å². The number of nitrogens with zero attached hydrogens (tertiary/aromatic N) is 1. The first-order valence-electron chi connectivity index (χ1n) is 7.77. The zero-order valence-electron chi connectivity index (χ0n) is 12.1. The minimum absolute atomic E-state index is 0.191. The van der Waals surface area contributed by atoms with Crippen molar-refractivity contribution in [2.24, 2.45) is 0 Å². The Labute approximate surface area is 120 Å². The predicted molar refractivity (Wildman–Crippen MR) is 83.6 cm³/mol. The topological polar surface area (TPSA) is 15.3 Å². The predicted octanol–water partition coefficient (Wildman–Crippen LogP) is 3.47. The number of hydrogen-bond acceptors (Lipinski definition) is 2. The number of benzene rings is 2. The van der Waals surface area contributed by atoms with Gasteiger partial charge in [0.15, 0.2) is 0 Å². The standard InChI is InChI=1S/C18H22N2/c1-18(10-11-19-17-7-4-12-20(17)18)16-9-8-14-5-2-3-6-15(14)13-16/h2-3,5-6,8-9,13,17,19H,4,7,10-12H2,1H3. The fourth-order valence-electron chi connectivity index (χ4n) is 4.03. The molecule has 2 fully saturated rings. The molecule has 2 aliphatic heterocycles. The minimum Gasteiger partial charge on any atom is -0.302 e. The van der Waals surface area contributed by atoms with Crippen molar-refractivity contribution in [3.8, 4) is 0 Å². The molecule has 20 heavy (non-hydrogen) atoms. The van der Waals surface area contributed by atoms with Crippen LogP contribution in [0.2, 0.25) is 0 Å². The molecule has 2 heterocycles. The Kier molecular flexibility index (Phi) is 2.83. The van der Waals surface area contributed by atoms with Gasteiger partial charge in [-0.15, -0.1) is 0 Å². The first-order valence-corrected chi connectivity index (χ1v) is 7.77. The van der Waals surface area contributed by atoms with E-state index in [1.807, 2.05) is 0 Å². The van der Waals surface area contributed by atoms with E-state index in [0.717, 1.165) is 6.54 Å². The quantitative estimate of drug-likeness (QED) is 0.850. The van der Waals surface area contributed by atoms with Crippen LogP contribution in [0, 0.1) is 0 Å². The van der Waals surface area contributed by atoms with Crippen LogP contribution in [0.1, 0.15) is 31.7 Å². The van der Waals surface area contributed by atoms with Crippen LogP contribution in [0.25, 0.3) is 10.8 Å². The van der Waals surface area contributed by atoms with Crippen LogP contribution < -0.4 is 5.32 Å². The highest BCUT2D eigenvalue weighted by molar-refractivity contribution is 5.83. The fourth-order valence-corrected chi connectivity index (χ4v) is 4.03. The molecule has 0 radical (unpaired) electrons. The van der Waals surface area contributed by atoms with Crippen molar-refractivity contribution in [2.45, 2.75) is 37.9 Å². The van der Waals surface area contributed by atoms with Crippen molar-refractivity contribution in [3.05, 3.63) is 48.0 Å². The van der Waals surface area contributed by atoms with Crippen molar-refractivity contribution >= 4 is 10.8 Å². The average molecular weight is 266 g/mol. The molecule has 2 aromatic rings. The molecule has 4 rings (SSSR count). The molecular formula is C18H22N2. The minimum atomic E-state index is 0.191. The maximum Gasteiger partial charge on any atom is 0.0605 e. The van der Waals surface area contributed by atoms with Crippen LogP contribution in [0.3, 0.4) is 0 Å². The van der Waals surface area contributed by atoms with Gasteiger partial charge in [-0.05, 0) is 55.1 Å². The third kappa shape index (κ3) is 1.79. The zero-order valence-corrected chi connectivity index (χ0v) is 12.1. The first kappa shape index (κ1) is 12.4. The summed E-state index contributed by atoms with van der Waals surface area (Å²) in [6.07, 6.45) is 4.39. The van der Waals surface area contributed by atoms with Gasteiger partial charge >= 0.3 is 0 Å². The molecule has 0 aromatic heterocycles. The van der Waals surface area contributed by atoms with Crippen LogP contribution in [0.15, 0.2) is 42.5 Å². The summed E-state index contributed by atoms with van der Waals surface area (Å²) in [5, 5.41) is 6.37. The van der Waals surface area contributed by atoms with Gasteiger partial charge in [0.25, 0.3) is 0 Å². The molecule has 2 nitrogen and oxygen atoms in total. The van der Waals surface area contributed by atoms with Crippen LogP contribution in [0.4, 0.5) is 0 Å². The van der Waals surface area contributed by atoms with Gasteiger partial charge in [0.05, 0.1) is 6.17 Å². The molecule has 2 atom stereocenters. The van der Waals surface area contributed by atoms with Gasteiger partial charge in [-0.2, -0.15) is 0 Å². The summed E-state index contributed by atoms with van der Waals surface area (Å²) in [7, 11) is 0. The molecule has 2 saturated heterocycles. The molecule has 2 aromatic carbocycles. The second kappa shape index (κ2) is 4.57. The Morgan fingerprint density at radius 3 is 2.90 bits per heavy atom. The van der Waals surface area contributed by atoms with Gasteiger partial charge in [-0.3, -0.25) is 4.90 Å².